The summed E-state index contributed by atoms with van der Waals surface area (Å²) in [5.74, 6) is -0.266. The lowest BCUT2D eigenvalue weighted by atomic mass is 9.90. The molecule has 0 N–H and O–H groups in total. The van der Waals surface area contributed by atoms with E-state index in [2.05, 4.69) is 6.07 Å². The Kier molecular flexibility index (Phi) is 3.93. The van der Waals surface area contributed by atoms with Crippen LogP contribution in [0.3, 0.4) is 0 Å². The predicted octanol–water partition coefficient (Wildman–Crippen LogP) is 2.18. The lowest BCUT2D eigenvalue weighted by molar-refractivity contribution is 0.470. The number of hydrogen-bond donors (Lipinski definition) is 0. The van der Waals surface area contributed by atoms with Gasteiger partial charge in [-0.05, 0) is 19.1 Å². The molecule has 0 saturated heterocycles. The molecule has 1 rings (SSSR count). The van der Waals surface area contributed by atoms with Crippen LogP contribution < -0.4 is 5.56 Å². The van der Waals surface area contributed by atoms with E-state index < -0.39 is 0 Å². The maximum Gasteiger partial charge on any atom is 0.268 e. The highest BCUT2D eigenvalue weighted by atomic mass is 16.1. The van der Waals surface area contributed by atoms with E-state index in [4.69, 9.17) is 10.5 Å². The van der Waals surface area contributed by atoms with Crippen molar-refractivity contribution < 1.29 is 0 Å². The van der Waals surface area contributed by atoms with E-state index in [1.165, 1.54) is 0 Å². The largest absolute Gasteiger partial charge is 0.310 e. The zero-order valence-corrected chi connectivity index (χ0v) is 11.2. The molecule has 1 aromatic heterocycles. The minimum absolute atomic E-state index is 0.119. The van der Waals surface area contributed by atoms with Crippen molar-refractivity contribution in [2.45, 2.75) is 39.7 Å². The average molecular weight is 243 g/mol. The summed E-state index contributed by atoms with van der Waals surface area (Å²) in [7, 11) is 0. The monoisotopic (exact) mass is 243 g/mol. The molecule has 4 heteroatoms. The lowest BCUT2D eigenvalue weighted by Crippen LogP contribution is -2.32. The van der Waals surface area contributed by atoms with E-state index in [0.29, 0.717) is 6.54 Å². The van der Waals surface area contributed by atoms with Gasteiger partial charge in [0.25, 0.3) is 5.56 Å². The fourth-order valence-corrected chi connectivity index (χ4v) is 1.81. The first-order valence-electron chi connectivity index (χ1n) is 5.85. The third-order valence-electron chi connectivity index (χ3n) is 2.74. The predicted molar refractivity (Wildman–Crippen MR) is 68.9 cm³/mol. The number of rotatable bonds is 2. The zero-order chi connectivity index (χ0) is 13.9. The summed E-state index contributed by atoms with van der Waals surface area (Å²) >= 11 is 0. The first-order chi connectivity index (χ1) is 8.31. The first kappa shape index (κ1) is 14.0. The quantitative estimate of drug-likeness (QED) is 0.799. The second-order valence-electron chi connectivity index (χ2n) is 5.44. The third-order valence-corrected chi connectivity index (χ3v) is 2.74. The molecule has 0 bridgehead atoms. The maximum atomic E-state index is 12.1. The van der Waals surface area contributed by atoms with Gasteiger partial charge in [0.2, 0.25) is 0 Å². The summed E-state index contributed by atoms with van der Waals surface area (Å²) in [6, 6.07) is 7.35. The van der Waals surface area contributed by atoms with E-state index in [1.54, 1.807) is 23.6 Å². The van der Waals surface area contributed by atoms with Gasteiger partial charge < -0.3 is 4.57 Å². The zero-order valence-electron chi connectivity index (χ0n) is 11.2. The minimum Gasteiger partial charge on any atom is -0.310 e. The molecule has 0 saturated carbocycles. The van der Waals surface area contributed by atoms with Crippen molar-refractivity contribution in [2.75, 3.05) is 0 Å². The molecule has 1 aromatic rings. The van der Waals surface area contributed by atoms with Crippen LogP contribution in [-0.4, -0.2) is 4.57 Å². The van der Waals surface area contributed by atoms with Crippen LogP contribution in [0, 0.1) is 28.6 Å². The summed E-state index contributed by atoms with van der Waals surface area (Å²) in [4.78, 5) is 12.1. The van der Waals surface area contributed by atoms with E-state index >= 15 is 0 Å². The molecule has 1 unspecified atom stereocenters. The first-order valence-corrected chi connectivity index (χ1v) is 5.85. The van der Waals surface area contributed by atoms with Crippen LogP contribution in [0.5, 0.6) is 0 Å². The standard InChI is InChI=1S/C14H17N3O/c1-10(7-15)9-17-12(14(2,3)4)6-5-11(8-16)13(17)18/h5-6,10H,9H2,1-4H3. The van der Waals surface area contributed by atoms with E-state index in [-0.39, 0.29) is 22.5 Å². The Bertz CT molecular complexity index is 579. The van der Waals surface area contributed by atoms with Crippen LogP contribution in [0.1, 0.15) is 39.0 Å². The summed E-state index contributed by atoms with van der Waals surface area (Å²) < 4.78 is 1.55. The molecule has 0 aliphatic carbocycles. The van der Waals surface area contributed by atoms with Gasteiger partial charge in [-0.2, -0.15) is 10.5 Å². The normalized spacial score (nSPS) is 12.6. The highest BCUT2D eigenvalue weighted by Gasteiger charge is 2.21. The number of pyridine rings is 1. The summed E-state index contributed by atoms with van der Waals surface area (Å²) in [6.45, 7) is 8.08. The van der Waals surface area contributed by atoms with E-state index in [9.17, 15) is 4.79 Å². The summed E-state index contributed by atoms with van der Waals surface area (Å²) in [5.41, 5.74) is 0.441. The smallest absolute Gasteiger partial charge is 0.268 e. The van der Waals surface area contributed by atoms with Gasteiger partial charge in [0.1, 0.15) is 11.6 Å². The van der Waals surface area contributed by atoms with Gasteiger partial charge >= 0.3 is 0 Å². The van der Waals surface area contributed by atoms with E-state index in [1.807, 2.05) is 26.8 Å². The fourth-order valence-electron chi connectivity index (χ4n) is 1.81. The third kappa shape index (κ3) is 2.78. The van der Waals surface area contributed by atoms with Crippen molar-refractivity contribution in [1.82, 2.24) is 4.57 Å². The molecule has 1 heterocycles. The molecule has 0 amide bonds. The Labute approximate surface area is 107 Å². The van der Waals surface area contributed by atoms with Gasteiger partial charge in [0.05, 0.1) is 12.0 Å². The lowest BCUT2D eigenvalue weighted by Gasteiger charge is -2.24. The van der Waals surface area contributed by atoms with Gasteiger partial charge in [-0.25, -0.2) is 0 Å². The van der Waals surface area contributed by atoms with Crippen molar-refractivity contribution in [3.63, 3.8) is 0 Å². The van der Waals surface area contributed by atoms with Gasteiger partial charge in [-0.1, -0.05) is 20.8 Å². The van der Waals surface area contributed by atoms with Crippen molar-refractivity contribution in [3.8, 4) is 12.1 Å². The van der Waals surface area contributed by atoms with Gasteiger partial charge in [-0.15, -0.1) is 0 Å². The second-order valence-corrected chi connectivity index (χ2v) is 5.44. The Hall–Kier alpha value is -2.07. The SMILES string of the molecule is CC(C#N)Cn1c(C(C)(C)C)ccc(C#N)c1=O. The van der Waals surface area contributed by atoms with Gasteiger partial charge in [-0.3, -0.25) is 4.79 Å². The van der Waals surface area contributed by atoms with Crippen molar-refractivity contribution in [2.24, 2.45) is 5.92 Å². The molecule has 0 fully saturated rings. The van der Waals surface area contributed by atoms with Gasteiger partial charge in [0.15, 0.2) is 0 Å². The molecule has 0 radical (unpaired) electrons. The molecule has 0 aliphatic heterocycles. The Morgan fingerprint density at radius 1 is 1.33 bits per heavy atom. The van der Waals surface area contributed by atoms with Crippen LogP contribution in [0.15, 0.2) is 16.9 Å². The van der Waals surface area contributed by atoms with Crippen molar-refractivity contribution in [3.05, 3.63) is 33.7 Å². The maximum absolute atomic E-state index is 12.1. The van der Waals surface area contributed by atoms with Crippen LogP contribution in [0.2, 0.25) is 0 Å². The van der Waals surface area contributed by atoms with Crippen molar-refractivity contribution >= 4 is 0 Å². The molecule has 18 heavy (non-hydrogen) atoms. The highest BCUT2D eigenvalue weighted by molar-refractivity contribution is 5.30. The Morgan fingerprint density at radius 3 is 2.39 bits per heavy atom. The molecule has 0 aliphatic rings. The van der Waals surface area contributed by atoms with E-state index in [0.717, 1.165) is 5.69 Å². The minimum atomic E-state index is -0.313. The van der Waals surface area contributed by atoms with Gasteiger partial charge in [0, 0.05) is 17.7 Å². The fraction of sp³-hybridized carbons (Fsp3) is 0.500. The molecule has 94 valence electrons. The Balaban J connectivity index is 3.48. The number of nitriles is 2. The second kappa shape index (κ2) is 5.06. The highest BCUT2D eigenvalue weighted by Crippen LogP contribution is 2.21. The molecule has 0 spiro atoms. The van der Waals surface area contributed by atoms with Crippen molar-refractivity contribution in [1.29, 1.82) is 10.5 Å². The molecule has 0 aromatic carbocycles. The molecule has 1 atom stereocenters. The van der Waals surface area contributed by atoms with Crippen LogP contribution in [0.4, 0.5) is 0 Å². The average Bonchev–Trinajstić information content (AvgIpc) is 2.29. The number of aromatic nitrogens is 1. The molecule has 4 nitrogen and oxygen atoms in total. The topological polar surface area (TPSA) is 69.6 Å². The molecular weight excluding hydrogens is 226 g/mol. The number of hydrogen-bond acceptors (Lipinski definition) is 3. The molecular formula is C14H17N3O. The van der Waals surface area contributed by atoms with Crippen LogP contribution >= 0.6 is 0 Å². The number of nitrogens with zero attached hydrogens (tertiary/aromatic N) is 3. The Morgan fingerprint density at radius 2 is 1.94 bits per heavy atom. The summed E-state index contributed by atoms with van der Waals surface area (Å²) in [6.07, 6.45) is 0. The van der Waals surface area contributed by atoms with Crippen LogP contribution in [0.25, 0.3) is 0 Å². The van der Waals surface area contributed by atoms with Crippen LogP contribution in [-0.2, 0) is 12.0 Å². The summed E-state index contributed by atoms with van der Waals surface area (Å²) in [5, 5.41) is 17.8.